The summed E-state index contributed by atoms with van der Waals surface area (Å²) in [4.78, 5) is 23.7. The summed E-state index contributed by atoms with van der Waals surface area (Å²) in [6.07, 6.45) is 0.944. The molecule has 0 fully saturated rings. The van der Waals surface area contributed by atoms with Gasteiger partial charge >= 0.3 is 5.69 Å². The summed E-state index contributed by atoms with van der Waals surface area (Å²) < 4.78 is 0. The van der Waals surface area contributed by atoms with Crippen molar-refractivity contribution in [1.82, 2.24) is 4.98 Å². The zero-order chi connectivity index (χ0) is 14.7. The highest BCUT2D eigenvalue weighted by Crippen LogP contribution is 2.29. The van der Waals surface area contributed by atoms with Gasteiger partial charge in [-0.15, -0.1) is 0 Å². The lowest BCUT2D eigenvalue weighted by Gasteiger charge is -2.06. The Morgan fingerprint density at radius 1 is 1.15 bits per heavy atom. The lowest BCUT2D eigenvalue weighted by atomic mass is 10.3. The van der Waals surface area contributed by atoms with Gasteiger partial charge in [0.2, 0.25) is 5.82 Å². The van der Waals surface area contributed by atoms with Crippen molar-refractivity contribution in [1.29, 1.82) is 0 Å². The smallest absolute Gasteiger partial charge is 0.318 e. The molecule has 0 saturated heterocycles. The minimum atomic E-state index is -0.747. The van der Waals surface area contributed by atoms with Gasteiger partial charge in [-0.25, -0.2) is 4.98 Å². The summed E-state index contributed by atoms with van der Waals surface area (Å²) in [7, 11) is 0. The summed E-state index contributed by atoms with van der Waals surface area (Å²) in [6.45, 7) is 0. The normalized spacial score (nSPS) is 10.1. The van der Waals surface area contributed by atoms with Crippen molar-refractivity contribution in [2.24, 2.45) is 0 Å². The van der Waals surface area contributed by atoms with Gasteiger partial charge in [0.25, 0.3) is 5.69 Å². The third-order valence-electron chi connectivity index (χ3n) is 2.35. The maximum absolute atomic E-state index is 10.9. The van der Waals surface area contributed by atoms with Gasteiger partial charge in [0, 0.05) is 10.7 Å². The van der Waals surface area contributed by atoms with Crippen molar-refractivity contribution in [3.8, 4) is 0 Å². The van der Waals surface area contributed by atoms with E-state index in [2.05, 4.69) is 10.3 Å². The number of benzene rings is 1. The lowest BCUT2D eigenvalue weighted by Crippen LogP contribution is -2.01. The molecule has 20 heavy (non-hydrogen) atoms. The molecule has 9 heteroatoms. The molecule has 2 rings (SSSR count). The van der Waals surface area contributed by atoms with Crippen LogP contribution in [0.3, 0.4) is 0 Å². The van der Waals surface area contributed by atoms with Crippen LogP contribution < -0.4 is 5.32 Å². The van der Waals surface area contributed by atoms with Gasteiger partial charge in [0.05, 0.1) is 15.9 Å². The van der Waals surface area contributed by atoms with Crippen LogP contribution in [0.25, 0.3) is 0 Å². The van der Waals surface area contributed by atoms with Crippen molar-refractivity contribution in [2.45, 2.75) is 0 Å². The molecule has 0 aliphatic carbocycles. The maximum Gasteiger partial charge on any atom is 0.318 e. The van der Waals surface area contributed by atoms with Crippen LogP contribution in [0, 0.1) is 20.2 Å². The molecule has 8 nitrogen and oxygen atoms in total. The topological polar surface area (TPSA) is 111 Å². The fourth-order valence-electron chi connectivity index (χ4n) is 1.48. The fraction of sp³-hybridized carbons (Fsp3) is 0. The van der Waals surface area contributed by atoms with E-state index in [0.717, 1.165) is 12.3 Å². The zero-order valence-corrected chi connectivity index (χ0v) is 10.6. The molecule has 0 unspecified atom stereocenters. The number of nitro groups is 2. The number of anilines is 2. The van der Waals surface area contributed by atoms with E-state index in [9.17, 15) is 20.2 Å². The third-order valence-corrected chi connectivity index (χ3v) is 2.58. The Labute approximate surface area is 117 Å². The van der Waals surface area contributed by atoms with Crippen molar-refractivity contribution < 1.29 is 9.85 Å². The Morgan fingerprint density at radius 2 is 1.90 bits per heavy atom. The molecular formula is C11H7ClN4O4. The lowest BCUT2D eigenvalue weighted by molar-refractivity contribution is -0.394. The van der Waals surface area contributed by atoms with E-state index in [1.807, 2.05) is 0 Å². The highest BCUT2D eigenvalue weighted by molar-refractivity contribution is 6.30. The van der Waals surface area contributed by atoms with Crippen LogP contribution in [0.5, 0.6) is 0 Å². The van der Waals surface area contributed by atoms with E-state index in [1.54, 1.807) is 24.3 Å². The monoisotopic (exact) mass is 294 g/mol. The van der Waals surface area contributed by atoms with Gasteiger partial charge in [-0.1, -0.05) is 17.7 Å². The molecule has 1 aromatic carbocycles. The highest BCUT2D eigenvalue weighted by atomic mass is 35.5. The molecule has 0 aliphatic heterocycles. The molecule has 0 radical (unpaired) electrons. The molecule has 0 spiro atoms. The summed E-state index contributed by atoms with van der Waals surface area (Å²) in [6, 6.07) is 7.33. The van der Waals surface area contributed by atoms with Gasteiger partial charge in [-0.3, -0.25) is 20.2 Å². The van der Waals surface area contributed by atoms with E-state index in [0.29, 0.717) is 10.7 Å². The average molecular weight is 295 g/mol. The second-order valence-electron chi connectivity index (χ2n) is 3.71. The number of nitrogens with zero attached hydrogens (tertiary/aromatic N) is 3. The molecule has 1 heterocycles. The molecule has 102 valence electrons. The predicted molar refractivity (Wildman–Crippen MR) is 72.3 cm³/mol. The minimum Gasteiger partial charge on any atom is -0.334 e. The van der Waals surface area contributed by atoms with Gasteiger partial charge in [0.1, 0.15) is 6.20 Å². The van der Waals surface area contributed by atoms with Crippen molar-refractivity contribution in [3.63, 3.8) is 0 Å². The number of hydrogen-bond acceptors (Lipinski definition) is 6. The first kappa shape index (κ1) is 13.7. The van der Waals surface area contributed by atoms with E-state index >= 15 is 0 Å². The Bertz CT molecular complexity index is 692. The number of nitrogens with one attached hydrogen (secondary N) is 1. The number of aromatic nitrogens is 1. The van der Waals surface area contributed by atoms with Crippen LogP contribution in [0.2, 0.25) is 5.02 Å². The Hall–Kier alpha value is -2.74. The average Bonchev–Trinajstić information content (AvgIpc) is 2.38. The van der Waals surface area contributed by atoms with Crippen LogP contribution in [0.4, 0.5) is 22.9 Å². The second-order valence-corrected chi connectivity index (χ2v) is 4.15. The van der Waals surface area contributed by atoms with Crippen LogP contribution >= 0.6 is 11.6 Å². The first-order valence-corrected chi connectivity index (χ1v) is 5.66. The van der Waals surface area contributed by atoms with E-state index in [1.165, 1.54) is 0 Å². The largest absolute Gasteiger partial charge is 0.334 e. The number of halogens is 1. The van der Waals surface area contributed by atoms with Crippen molar-refractivity contribution >= 4 is 34.5 Å². The molecule has 0 atom stereocenters. The number of hydrogen-bond donors (Lipinski definition) is 1. The molecule has 0 amide bonds. The highest BCUT2D eigenvalue weighted by Gasteiger charge is 2.21. The first-order chi connectivity index (χ1) is 9.47. The van der Waals surface area contributed by atoms with E-state index in [4.69, 9.17) is 11.6 Å². The molecular weight excluding hydrogens is 288 g/mol. The molecule has 0 saturated carbocycles. The first-order valence-electron chi connectivity index (χ1n) is 5.29. The molecule has 0 bridgehead atoms. The van der Waals surface area contributed by atoms with Gasteiger partial charge in [-0.2, -0.15) is 0 Å². The Balaban J connectivity index is 2.41. The molecule has 2 aromatic rings. The summed E-state index contributed by atoms with van der Waals surface area (Å²) in [5.74, 6) is -0.0946. The number of pyridine rings is 1. The predicted octanol–water partition coefficient (Wildman–Crippen LogP) is 3.30. The van der Waals surface area contributed by atoms with Crippen molar-refractivity contribution in [3.05, 3.63) is 61.8 Å². The quantitative estimate of drug-likeness (QED) is 0.684. The second kappa shape index (κ2) is 5.49. The van der Waals surface area contributed by atoms with E-state index in [-0.39, 0.29) is 5.82 Å². The van der Waals surface area contributed by atoms with Gasteiger partial charge < -0.3 is 5.32 Å². The molecule has 1 N–H and O–H groups in total. The van der Waals surface area contributed by atoms with Crippen LogP contribution in [-0.2, 0) is 0 Å². The SMILES string of the molecule is O=[N+]([O-])c1cnc(Nc2cccc(Cl)c2)c([N+](=O)[O-])c1. The summed E-state index contributed by atoms with van der Waals surface area (Å²) in [5.41, 5.74) is -0.450. The van der Waals surface area contributed by atoms with Crippen LogP contribution in [-0.4, -0.2) is 14.8 Å². The Morgan fingerprint density at radius 3 is 2.50 bits per heavy atom. The molecule has 0 aliphatic rings. The van der Waals surface area contributed by atoms with Gasteiger partial charge in [0.15, 0.2) is 0 Å². The fourth-order valence-corrected chi connectivity index (χ4v) is 1.67. The third kappa shape index (κ3) is 2.98. The minimum absolute atomic E-state index is 0.0946. The summed E-state index contributed by atoms with van der Waals surface area (Å²) >= 11 is 5.80. The summed E-state index contributed by atoms with van der Waals surface area (Å²) in [5, 5.41) is 24.7. The van der Waals surface area contributed by atoms with Crippen LogP contribution in [0.15, 0.2) is 36.5 Å². The molecule has 1 aromatic heterocycles. The van der Waals surface area contributed by atoms with E-state index < -0.39 is 21.2 Å². The zero-order valence-electron chi connectivity index (χ0n) is 9.82. The van der Waals surface area contributed by atoms with Crippen molar-refractivity contribution in [2.75, 3.05) is 5.32 Å². The number of rotatable bonds is 4. The van der Waals surface area contributed by atoms with Gasteiger partial charge in [-0.05, 0) is 18.2 Å². The standard InChI is InChI=1S/C11H7ClN4O4/c12-7-2-1-3-8(4-7)14-11-10(16(19)20)5-9(6-13-11)15(17)18/h1-6H,(H,13,14). The Kier molecular flexibility index (Phi) is 3.76. The van der Waals surface area contributed by atoms with Crippen LogP contribution in [0.1, 0.15) is 0 Å². The maximum atomic E-state index is 10.9.